The van der Waals surface area contributed by atoms with Crippen molar-refractivity contribution >= 4 is 22.7 Å². The zero-order chi connectivity index (χ0) is 28.6. The number of furan rings is 1. The highest BCUT2D eigenvalue weighted by atomic mass is 16.4. The first-order valence-electron chi connectivity index (χ1n) is 15.8. The van der Waals surface area contributed by atoms with E-state index in [2.05, 4.69) is 33.9 Å². The minimum absolute atomic E-state index is 0.116. The minimum atomic E-state index is -0.771. The van der Waals surface area contributed by atoms with Crippen molar-refractivity contribution in [3.05, 3.63) is 59.7 Å². The van der Waals surface area contributed by atoms with E-state index in [-0.39, 0.29) is 17.9 Å². The van der Waals surface area contributed by atoms with E-state index in [4.69, 9.17) is 4.42 Å². The first kappa shape index (κ1) is 29.4. The molecule has 0 spiro atoms. The van der Waals surface area contributed by atoms with Crippen LogP contribution in [-0.4, -0.2) is 76.8 Å². The second kappa shape index (κ2) is 14.2. The summed E-state index contributed by atoms with van der Waals surface area (Å²) in [6.07, 6.45) is 11.0. The van der Waals surface area contributed by atoms with Crippen molar-refractivity contribution in [2.75, 3.05) is 39.3 Å². The smallest absolute Gasteiger partial charge is 0.290 e. The number of nitrogens with zero attached hydrogens (tertiary/aromatic N) is 3. The molecule has 2 N–H and O–H groups in total. The number of carbonyl (C=O) groups excluding carboxylic acids is 2. The van der Waals surface area contributed by atoms with Gasteiger partial charge in [-0.3, -0.25) is 14.5 Å². The number of likely N-dealkylation sites (tertiary alicyclic amines) is 1. The minimum Gasteiger partial charge on any atom is -0.455 e. The number of piperidine rings is 1. The maximum absolute atomic E-state index is 14.3. The number of aromatic nitrogens is 1. The molecule has 1 saturated heterocycles. The van der Waals surface area contributed by atoms with Gasteiger partial charge in [-0.15, -0.1) is 0 Å². The molecule has 0 bridgehead atoms. The number of carbonyl (C=O) groups is 2. The second-order valence-corrected chi connectivity index (χ2v) is 11.7. The van der Waals surface area contributed by atoms with Gasteiger partial charge in [0.15, 0.2) is 5.76 Å². The van der Waals surface area contributed by atoms with Gasteiger partial charge in [0.2, 0.25) is 5.91 Å². The number of H-pyrrole nitrogens is 1. The maximum Gasteiger partial charge on any atom is 0.290 e. The van der Waals surface area contributed by atoms with E-state index >= 15 is 0 Å². The molecular formula is C33H47N5O3. The van der Waals surface area contributed by atoms with Gasteiger partial charge in [-0.2, -0.15) is 0 Å². The summed E-state index contributed by atoms with van der Waals surface area (Å²) in [6.45, 7) is 9.94. The van der Waals surface area contributed by atoms with Gasteiger partial charge < -0.3 is 24.5 Å². The van der Waals surface area contributed by atoms with Crippen LogP contribution >= 0.6 is 0 Å². The van der Waals surface area contributed by atoms with Crippen molar-refractivity contribution in [1.82, 2.24) is 25.0 Å². The second-order valence-electron chi connectivity index (χ2n) is 11.7. The van der Waals surface area contributed by atoms with Crippen LogP contribution in [0.25, 0.3) is 10.9 Å². The Morgan fingerprint density at radius 1 is 0.976 bits per heavy atom. The summed E-state index contributed by atoms with van der Waals surface area (Å²) in [5.41, 5.74) is 1.78. The molecule has 1 atom stereocenters. The summed E-state index contributed by atoms with van der Waals surface area (Å²) in [6, 6.07) is 11.1. The molecule has 2 amide bonds. The van der Waals surface area contributed by atoms with Crippen molar-refractivity contribution in [3.8, 4) is 0 Å². The Balaban J connectivity index is 1.47. The number of aromatic amines is 1. The summed E-state index contributed by atoms with van der Waals surface area (Å²) in [7, 11) is 0. The van der Waals surface area contributed by atoms with Crippen molar-refractivity contribution in [2.45, 2.75) is 83.8 Å². The maximum atomic E-state index is 14.3. The summed E-state index contributed by atoms with van der Waals surface area (Å²) >= 11 is 0. The van der Waals surface area contributed by atoms with Crippen molar-refractivity contribution in [1.29, 1.82) is 0 Å². The van der Waals surface area contributed by atoms with Crippen molar-refractivity contribution in [2.24, 2.45) is 0 Å². The van der Waals surface area contributed by atoms with Crippen LogP contribution in [-0.2, 0) is 11.3 Å². The molecule has 2 fully saturated rings. The van der Waals surface area contributed by atoms with Gasteiger partial charge in [-0.1, -0.05) is 57.7 Å². The van der Waals surface area contributed by atoms with Gasteiger partial charge in [0.25, 0.3) is 5.91 Å². The van der Waals surface area contributed by atoms with E-state index < -0.39 is 6.04 Å². The molecule has 8 nitrogen and oxygen atoms in total. The zero-order valence-corrected chi connectivity index (χ0v) is 24.9. The van der Waals surface area contributed by atoms with Crippen LogP contribution in [0.4, 0.5) is 0 Å². The van der Waals surface area contributed by atoms with Crippen LogP contribution in [0, 0.1) is 0 Å². The number of hydrogen-bond acceptors (Lipinski definition) is 5. The van der Waals surface area contributed by atoms with Crippen molar-refractivity contribution < 1.29 is 14.0 Å². The van der Waals surface area contributed by atoms with Gasteiger partial charge in [0.1, 0.15) is 11.8 Å². The third-order valence-electron chi connectivity index (χ3n) is 8.94. The van der Waals surface area contributed by atoms with Crippen LogP contribution in [0.3, 0.4) is 0 Å². The topological polar surface area (TPSA) is 84.8 Å². The average Bonchev–Trinajstić information content (AvgIpc) is 3.65. The predicted molar refractivity (Wildman–Crippen MR) is 163 cm³/mol. The molecule has 1 aromatic carbocycles. The zero-order valence-electron chi connectivity index (χ0n) is 24.9. The first-order valence-corrected chi connectivity index (χ1v) is 15.8. The highest BCUT2D eigenvalue weighted by Crippen LogP contribution is 2.31. The molecule has 1 unspecified atom stereocenters. The largest absolute Gasteiger partial charge is 0.455 e. The van der Waals surface area contributed by atoms with E-state index in [9.17, 15) is 9.59 Å². The van der Waals surface area contributed by atoms with E-state index in [0.29, 0.717) is 25.4 Å². The molecular weight excluding hydrogens is 514 g/mol. The van der Waals surface area contributed by atoms with Gasteiger partial charge in [0, 0.05) is 41.8 Å². The lowest BCUT2D eigenvalue weighted by atomic mass is 9.94. The Bertz CT molecular complexity index is 1270. The van der Waals surface area contributed by atoms with E-state index in [1.54, 1.807) is 11.0 Å². The standard InChI is InChI=1S/C33H47N5O3/c1-3-36(4-2)21-22-38(33(40)30-18-17-26(41-30)24-37-19-11-6-12-20-37)31(32(39)35-25-13-7-5-8-14-25)28-23-34-29-16-10-9-15-27(28)29/h9-10,15-18,23,25,31,34H,3-8,11-14,19-22,24H2,1-2H3,(H,35,39). The molecule has 1 saturated carbocycles. The molecule has 2 aliphatic rings. The summed E-state index contributed by atoms with van der Waals surface area (Å²) in [5.74, 6) is 0.742. The van der Waals surface area contributed by atoms with Crippen LogP contribution in [0.5, 0.6) is 0 Å². The summed E-state index contributed by atoms with van der Waals surface area (Å²) < 4.78 is 6.19. The highest BCUT2D eigenvalue weighted by molar-refractivity contribution is 5.98. The Hall–Kier alpha value is -3.10. The number of rotatable bonds is 12. The van der Waals surface area contributed by atoms with Crippen LogP contribution < -0.4 is 5.32 Å². The molecule has 1 aliphatic heterocycles. The summed E-state index contributed by atoms with van der Waals surface area (Å²) in [4.78, 5) is 38.3. The SMILES string of the molecule is CCN(CC)CCN(C(=O)c1ccc(CN2CCCCC2)o1)C(C(=O)NC1CCCCC1)c1c[nH]c2ccccc12. The van der Waals surface area contributed by atoms with Gasteiger partial charge in [0.05, 0.1) is 6.54 Å². The Kier molecular flexibility index (Phi) is 10.2. The number of hydrogen-bond donors (Lipinski definition) is 2. The normalized spacial score (nSPS) is 17.6. The Morgan fingerprint density at radius 2 is 1.71 bits per heavy atom. The van der Waals surface area contributed by atoms with Crippen LogP contribution in [0.2, 0.25) is 0 Å². The molecule has 8 heteroatoms. The number of para-hydroxylation sites is 1. The fourth-order valence-corrected chi connectivity index (χ4v) is 6.49. The number of benzene rings is 1. The van der Waals surface area contributed by atoms with Gasteiger partial charge in [-0.25, -0.2) is 0 Å². The molecule has 2 aromatic heterocycles. The molecule has 5 rings (SSSR count). The lowest BCUT2D eigenvalue weighted by Crippen LogP contribution is -2.49. The number of nitrogens with one attached hydrogen (secondary N) is 2. The fraction of sp³-hybridized carbons (Fsp3) is 0.576. The van der Waals surface area contributed by atoms with Crippen LogP contribution in [0.1, 0.15) is 93.1 Å². The van der Waals surface area contributed by atoms with Crippen molar-refractivity contribution in [3.63, 3.8) is 0 Å². The average molecular weight is 562 g/mol. The lowest BCUT2D eigenvalue weighted by Gasteiger charge is -2.34. The fourth-order valence-electron chi connectivity index (χ4n) is 6.49. The summed E-state index contributed by atoms with van der Waals surface area (Å²) in [5, 5.41) is 4.30. The first-order chi connectivity index (χ1) is 20.1. The predicted octanol–water partition coefficient (Wildman–Crippen LogP) is 5.72. The number of amides is 2. The Labute approximate surface area is 244 Å². The van der Waals surface area contributed by atoms with E-state index in [1.165, 1.54) is 25.7 Å². The number of likely N-dealkylation sites (N-methyl/N-ethyl adjacent to an activating group) is 1. The molecule has 41 heavy (non-hydrogen) atoms. The van der Waals surface area contributed by atoms with E-state index in [1.807, 2.05) is 36.5 Å². The molecule has 1 aliphatic carbocycles. The quantitative estimate of drug-likeness (QED) is 0.295. The van der Waals surface area contributed by atoms with Gasteiger partial charge >= 0.3 is 0 Å². The highest BCUT2D eigenvalue weighted by Gasteiger charge is 2.36. The molecule has 3 aromatic rings. The third-order valence-corrected chi connectivity index (χ3v) is 8.94. The monoisotopic (exact) mass is 561 g/mol. The number of fused-ring (bicyclic) bond motifs is 1. The molecule has 0 radical (unpaired) electrons. The van der Waals surface area contributed by atoms with E-state index in [0.717, 1.165) is 74.1 Å². The third kappa shape index (κ3) is 7.22. The lowest BCUT2D eigenvalue weighted by molar-refractivity contribution is -0.127. The van der Waals surface area contributed by atoms with Crippen LogP contribution in [0.15, 0.2) is 47.0 Å². The Morgan fingerprint density at radius 3 is 2.46 bits per heavy atom. The van der Waals surface area contributed by atoms with Gasteiger partial charge in [-0.05, 0) is 70.1 Å². The molecule has 3 heterocycles. The molecule has 222 valence electrons.